The molecule has 0 unspecified atom stereocenters. The van der Waals surface area contributed by atoms with Crippen LogP contribution < -0.4 is 4.57 Å². The van der Waals surface area contributed by atoms with Crippen LogP contribution in [0.15, 0.2) is 60.9 Å². The molecule has 3 nitrogen and oxygen atoms in total. The molecule has 28 heavy (non-hydrogen) atoms. The molecular weight excluding hydrogens is 344 g/mol. The van der Waals surface area contributed by atoms with E-state index in [1.807, 2.05) is 0 Å². The topological polar surface area (TPSA) is 39.9 Å². The Morgan fingerprint density at radius 2 is 1.82 bits per heavy atom. The molecule has 0 amide bonds. The SMILES string of the molecule is CC(C)c1ccc2c(/C=C/c3cc[n+](CCCO)c4ccccc34)c[nH]c2c1. The maximum atomic E-state index is 9.15. The Morgan fingerprint density at radius 1 is 1.00 bits per heavy atom. The summed E-state index contributed by atoms with van der Waals surface area (Å²) in [5, 5.41) is 11.6. The smallest absolute Gasteiger partial charge is 0.213 e. The zero-order valence-electron chi connectivity index (χ0n) is 16.5. The largest absolute Gasteiger partial charge is 0.396 e. The van der Waals surface area contributed by atoms with Crippen molar-refractivity contribution in [2.45, 2.75) is 32.7 Å². The fraction of sp³-hybridized carbons (Fsp3) is 0.240. The van der Waals surface area contributed by atoms with Gasteiger partial charge in [-0.2, -0.15) is 4.57 Å². The Kier molecular flexibility index (Phi) is 5.27. The second-order valence-electron chi connectivity index (χ2n) is 7.60. The number of para-hydroxylation sites is 1. The van der Waals surface area contributed by atoms with Crippen molar-refractivity contribution in [3.63, 3.8) is 0 Å². The van der Waals surface area contributed by atoms with Gasteiger partial charge < -0.3 is 10.1 Å². The van der Waals surface area contributed by atoms with Crippen LogP contribution in [0, 0.1) is 0 Å². The number of nitrogens with one attached hydrogen (secondary N) is 1. The van der Waals surface area contributed by atoms with E-state index < -0.39 is 0 Å². The minimum absolute atomic E-state index is 0.210. The number of aryl methyl sites for hydroxylation is 1. The van der Waals surface area contributed by atoms with Gasteiger partial charge in [-0.25, -0.2) is 0 Å². The molecule has 0 radical (unpaired) electrons. The molecule has 0 saturated heterocycles. The summed E-state index contributed by atoms with van der Waals surface area (Å²) < 4.78 is 2.21. The van der Waals surface area contributed by atoms with Crippen molar-refractivity contribution >= 4 is 34.0 Å². The van der Waals surface area contributed by atoms with Crippen LogP contribution in [0.3, 0.4) is 0 Å². The van der Waals surface area contributed by atoms with Crippen molar-refractivity contribution in [1.82, 2.24) is 4.98 Å². The van der Waals surface area contributed by atoms with Gasteiger partial charge in [0.25, 0.3) is 0 Å². The molecule has 0 saturated carbocycles. The second kappa shape index (κ2) is 7.99. The highest BCUT2D eigenvalue weighted by Gasteiger charge is 2.11. The Labute approximate surface area is 166 Å². The second-order valence-corrected chi connectivity index (χ2v) is 7.60. The van der Waals surface area contributed by atoms with Gasteiger partial charge in [0.1, 0.15) is 0 Å². The molecule has 4 rings (SSSR count). The number of benzene rings is 2. The number of aliphatic hydroxyl groups excluding tert-OH is 1. The van der Waals surface area contributed by atoms with Crippen LogP contribution in [0.25, 0.3) is 34.0 Å². The number of aromatic nitrogens is 2. The standard InChI is InChI=1S/C25H26N2O/c1-18(2)20-10-11-22-21(17-26-24(22)16-20)9-8-19-12-14-27(13-5-15-28)25-7-4-3-6-23(19)25/h3-4,6-12,14,16-18,28H,5,13,15H2,1-2H3/p+1. The first-order chi connectivity index (χ1) is 13.7. The minimum atomic E-state index is 0.210. The molecule has 0 spiro atoms. The molecule has 3 heteroatoms. The van der Waals surface area contributed by atoms with Gasteiger partial charge in [-0.1, -0.05) is 50.3 Å². The maximum Gasteiger partial charge on any atom is 0.213 e. The maximum absolute atomic E-state index is 9.15. The van der Waals surface area contributed by atoms with Gasteiger partial charge >= 0.3 is 0 Å². The van der Waals surface area contributed by atoms with E-state index in [2.05, 4.69) is 96.5 Å². The molecule has 0 aliphatic heterocycles. The van der Waals surface area contributed by atoms with Gasteiger partial charge in [0.05, 0.1) is 5.39 Å². The lowest BCUT2D eigenvalue weighted by Gasteiger charge is -2.05. The van der Waals surface area contributed by atoms with E-state index in [1.165, 1.54) is 38.5 Å². The molecule has 0 aliphatic carbocycles. The van der Waals surface area contributed by atoms with Gasteiger partial charge in [-0.15, -0.1) is 0 Å². The van der Waals surface area contributed by atoms with Crippen molar-refractivity contribution in [1.29, 1.82) is 0 Å². The predicted octanol–water partition coefficient (Wildman–Crippen LogP) is 5.28. The van der Waals surface area contributed by atoms with Gasteiger partial charge in [0.15, 0.2) is 12.7 Å². The van der Waals surface area contributed by atoms with Gasteiger partial charge in [0, 0.05) is 42.3 Å². The summed E-state index contributed by atoms with van der Waals surface area (Å²) in [7, 11) is 0. The van der Waals surface area contributed by atoms with Crippen molar-refractivity contribution in [3.05, 3.63) is 77.6 Å². The number of pyridine rings is 1. The lowest BCUT2D eigenvalue weighted by Crippen LogP contribution is -2.34. The van der Waals surface area contributed by atoms with Crippen LogP contribution in [-0.2, 0) is 6.54 Å². The molecule has 142 valence electrons. The van der Waals surface area contributed by atoms with Crippen molar-refractivity contribution in [3.8, 4) is 0 Å². The van der Waals surface area contributed by atoms with E-state index in [4.69, 9.17) is 5.11 Å². The number of aromatic amines is 1. The Morgan fingerprint density at radius 3 is 2.64 bits per heavy atom. The summed E-state index contributed by atoms with van der Waals surface area (Å²) in [5.74, 6) is 0.528. The number of rotatable bonds is 6. The van der Waals surface area contributed by atoms with Crippen molar-refractivity contribution in [2.75, 3.05) is 6.61 Å². The normalized spacial score (nSPS) is 12.0. The third-order valence-corrected chi connectivity index (χ3v) is 5.36. The fourth-order valence-corrected chi connectivity index (χ4v) is 3.73. The van der Waals surface area contributed by atoms with Crippen molar-refractivity contribution in [2.24, 2.45) is 0 Å². The summed E-state index contributed by atoms with van der Waals surface area (Å²) in [6.45, 7) is 5.47. The minimum Gasteiger partial charge on any atom is -0.396 e. The summed E-state index contributed by atoms with van der Waals surface area (Å²) in [5.41, 5.74) is 6.13. The van der Waals surface area contributed by atoms with Gasteiger partial charge in [-0.3, -0.25) is 0 Å². The zero-order chi connectivity index (χ0) is 19.5. The zero-order valence-corrected chi connectivity index (χ0v) is 16.5. The van der Waals surface area contributed by atoms with Crippen molar-refractivity contribution < 1.29 is 9.67 Å². The van der Waals surface area contributed by atoms with E-state index in [0.717, 1.165) is 13.0 Å². The molecule has 4 aromatic rings. The summed E-state index contributed by atoms with van der Waals surface area (Å²) in [6.07, 6.45) is 9.34. The van der Waals surface area contributed by atoms with E-state index in [0.29, 0.717) is 5.92 Å². The Balaban J connectivity index is 1.70. The number of nitrogens with zero attached hydrogens (tertiary/aromatic N) is 1. The van der Waals surface area contributed by atoms with E-state index in [-0.39, 0.29) is 6.61 Å². The van der Waals surface area contributed by atoms with E-state index in [9.17, 15) is 0 Å². The molecular formula is C25H27N2O+. The van der Waals surface area contributed by atoms with Crippen LogP contribution in [0.1, 0.15) is 42.9 Å². The predicted molar refractivity (Wildman–Crippen MR) is 117 cm³/mol. The lowest BCUT2D eigenvalue weighted by atomic mass is 10.0. The van der Waals surface area contributed by atoms with Crippen LogP contribution >= 0.6 is 0 Å². The van der Waals surface area contributed by atoms with Crippen LogP contribution in [0.5, 0.6) is 0 Å². The molecule has 2 aromatic heterocycles. The highest BCUT2D eigenvalue weighted by molar-refractivity contribution is 5.94. The summed E-state index contributed by atoms with van der Waals surface area (Å²) in [6, 6.07) is 17.3. The monoisotopic (exact) mass is 371 g/mol. The first kappa shape index (κ1) is 18.5. The first-order valence-electron chi connectivity index (χ1n) is 9.98. The number of fused-ring (bicyclic) bond motifs is 2. The molecule has 0 atom stereocenters. The summed E-state index contributed by atoms with van der Waals surface area (Å²) in [4.78, 5) is 3.41. The lowest BCUT2D eigenvalue weighted by molar-refractivity contribution is -0.672. The average Bonchev–Trinajstić information content (AvgIpc) is 3.13. The quantitative estimate of drug-likeness (QED) is 0.445. The fourth-order valence-electron chi connectivity index (χ4n) is 3.73. The molecule has 2 N–H and O–H groups in total. The average molecular weight is 372 g/mol. The Hall–Kier alpha value is -2.91. The number of hydrogen-bond acceptors (Lipinski definition) is 1. The molecule has 0 bridgehead atoms. The third kappa shape index (κ3) is 3.58. The molecule has 0 fully saturated rings. The van der Waals surface area contributed by atoms with Gasteiger partial charge in [-0.05, 0) is 34.7 Å². The van der Waals surface area contributed by atoms with E-state index in [1.54, 1.807) is 0 Å². The van der Waals surface area contributed by atoms with Gasteiger partial charge in [0.2, 0.25) is 5.52 Å². The van der Waals surface area contributed by atoms with Crippen LogP contribution in [0.4, 0.5) is 0 Å². The molecule has 0 aliphatic rings. The highest BCUT2D eigenvalue weighted by Crippen LogP contribution is 2.25. The number of aliphatic hydroxyl groups is 1. The van der Waals surface area contributed by atoms with Crippen LogP contribution in [0.2, 0.25) is 0 Å². The number of hydrogen-bond donors (Lipinski definition) is 2. The molecule has 2 aromatic carbocycles. The first-order valence-corrected chi connectivity index (χ1v) is 9.98. The molecule has 2 heterocycles. The van der Waals surface area contributed by atoms with Crippen LogP contribution in [-0.4, -0.2) is 16.7 Å². The Bertz CT molecular complexity index is 1140. The highest BCUT2D eigenvalue weighted by atomic mass is 16.3. The number of H-pyrrole nitrogens is 1. The third-order valence-electron chi connectivity index (χ3n) is 5.36. The summed E-state index contributed by atoms with van der Waals surface area (Å²) >= 11 is 0. The van der Waals surface area contributed by atoms with E-state index >= 15 is 0 Å².